The number of Topliss-reactive ketones (excluding diaryl/α,β-unsaturated/α-hetero) is 2. The van der Waals surface area contributed by atoms with E-state index in [1.165, 1.54) is 11.1 Å². The number of ether oxygens (including phenoxy) is 2. The van der Waals surface area contributed by atoms with Crippen LogP contribution in [0.5, 0.6) is 11.5 Å². The highest BCUT2D eigenvalue weighted by molar-refractivity contribution is 6.60. The summed E-state index contributed by atoms with van der Waals surface area (Å²) in [6.07, 6.45) is 8.74. The number of unbranched alkanes of at least 4 members (excludes halogenated alkanes) is 6. The summed E-state index contributed by atoms with van der Waals surface area (Å²) in [5, 5.41) is 0. The third-order valence-corrected chi connectivity index (χ3v) is 8.65. The second-order valence-electron chi connectivity index (χ2n) is 12.1. The fraction of sp³-hybridized carbons (Fsp3) is 0.579. The predicted molar refractivity (Wildman–Crippen MR) is 189 cm³/mol. The molecule has 8 nitrogen and oxygen atoms in total. The van der Waals surface area contributed by atoms with Gasteiger partial charge in [0.2, 0.25) is 0 Å². The summed E-state index contributed by atoms with van der Waals surface area (Å²) >= 11 is 0. The van der Waals surface area contributed by atoms with Crippen LogP contribution < -0.4 is 9.47 Å². The predicted octanol–water partition coefficient (Wildman–Crippen LogP) is 6.98. The normalized spacial score (nSPS) is 15.4. The van der Waals surface area contributed by atoms with Crippen LogP contribution in [0, 0.1) is 0 Å². The average molecular weight is 633 g/mol. The van der Waals surface area contributed by atoms with Gasteiger partial charge in [-0.1, -0.05) is 63.8 Å². The van der Waals surface area contributed by atoms with E-state index in [9.17, 15) is 9.59 Å². The number of carbonyl (C=O) groups excluding carboxylic acids is 2. The minimum absolute atomic E-state index is 0.0369. The number of nitrogens with zero attached hydrogens (tertiary/aromatic N) is 4. The van der Waals surface area contributed by atoms with E-state index in [-0.39, 0.29) is 24.4 Å². The molecule has 252 valence electrons. The Labute approximate surface area is 277 Å². The summed E-state index contributed by atoms with van der Waals surface area (Å²) in [5.74, 6) is 1.72. The molecule has 3 rings (SSSR count). The molecule has 0 spiro atoms. The Kier molecular flexibility index (Phi) is 17.3. The Morgan fingerprint density at radius 1 is 0.609 bits per heavy atom. The Bertz CT molecular complexity index is 1180. The number of rotatable bonds is 22. The van der Waals surface area contributed by atoms with Crippen molar-refractivity contribution in [2.45, 2.75) is 91.1 Å². The van der Waals surface area contributed by atoms with Crippen molar-refractivity contribution >= 4 is 23.0 Å². The maximum atomic E-state index is 12.7. The smallest absolute Gasteiger partial charge is 0.183 e. The summed E-state index contributed by atoms with van der Waals surface area (Å²) in [6, 6.07) is 16.5. The zero-order valence-corrected chi connectivity index (χ0v) is 28.8. The van der Waals surface area contributed by atoms with Crippen LogP contribution in [-0.4, -0.2) is 86.3 Å². The van der Waals surface area contributed by atoms with Crippen LogP contribution in [0.4, 0.5) is 0 Å². The second kappa shape index (κ2) is 21.4. The zero-order chi connectivity index (χ0) is 33.0. The highest BCUT2D eigenvalue weighted by atomic mass is 16.5. The van der Waals surface area contributed by atoms with E-state index < -0.39 is 0 Å². The number of benzene rings is 2. The van der Waals surface area contributed by atoms with Gasteiger partial charge in [-0.15, -0.1) is 0 Å². The van der Waals surface area contributed by atoms with Crippen molar-refractivity contribution in [3.63, 3.8) is 0 Å². The molecule has 0 atom stereocenters. The Morgan fingerprint density at radius 2 is 1.02 bits per heavy atom. The average Bonchev–Trinajstić information content (AvgIpc) is 3.08. The van der Waals surface area contributed by atoms with Crippen LogP contribution in [0.15, 0.2) is 58.5 Å². The van der Waals surface area contributed by atoms with Crippen LogP contribution in [0.25, 0.3) is 0 Å². The SMILES string of the molecule is CCN(CCCCCCN=C1CC(=O)C(=NCCCCCCN(CC)Cc2cccc(OC)c2)CC1=O)Cc1cccc(OC)c1. The monoisotopic (exact) mass is 632 g/mol. The minimum Gasteiger partial charge on any atom is -0.497 e. The van der Waals surface area contributed by atoms with Gasteiger partial charge in [-0.3, -0.25) is 29.4 Å². The molecule has 0 aromatic heterocycles. The number of hydrogen-bond donors (Lipinski definition) is 0. The van der Waals surface area contributed by atoms with Crippen LogP contribution in [-0.2, 0) is 22.7 Å². The van der Waals surface area contributed by atoms with Crippen molar-refractivity contribution in [2.24, 2.45) is 9.98 Å². The van der Waals surface area contributed by atoms with Gasteiger partial charge < -0.3 is 9.47 Å². The highest BCUT2D eigenvalue weighted by Gasteiger charge is 2.28. The molecule has 8 heteroatoms. The van der Waals surface area contributed by atoms with E-state index in [4.69, 9.17) is 9.47 Å². The van der Waals surface area contributed by atoms with Gasteiger partial charge in [0.25, 0.3) is 0 Å². The number of aliphatic imine (C=N–C) groups is 2. The summed E-state index contributed by atoms with van der Waals surface area (Å²) in [6.45, 7) is 11.6. The Balaban J connectivity index is 1.25. The van der Waals surface area contributed by atoms with Crippen LogP contribution in [0.3, 0.4) is 0 Å². The van der Waals surface area contributed by atoms with Crippen molar-refractivity contribution in [3.05, 3.63) is 59.7 Å². The van der Waals surface area contributed by atoms with E-state index in [1.807, 2.05) is 24.3 Å². The van der Waals surface area contributed by atoms with E-state index in [1.54, 1.807) is 14.2 Å². The van der Waals surface area contributed by atoms with Gasteiger partial charge in [0.1, 0.15) is 11.5 Å². The van der Waals surface area contributed by atoms with E-state index >= 15 is 0 Å². The van der Waals surface area contributed by atoms with Gasteiger partial charge in [-0.05, 0) is 87.3 Å². The van der Waals surface area contributed by atoms with Crippen LogP contribution in [0.2, 0.25) is 0 Å². The molecule has 0 bridgehead atoms. The number of ketones is 2. The standard InChI is InChI=1S/C38H56N4O4/c1-5-41(29-31-17-15-19-33(25-31)45-3)23-13-9-7-11-21-39-35-27-38(44)36(28-37(35)43)40-22-12-8-10-14-24-42(6-2)30-32-18-16-20-34(26-32)46-4/h15-20,25-26H,5-14,21-24,27-30H2,1-4H3. The fourth-order valence-electron chi connectivity index (χ4n) is 5.78. The lowest BCUT2D eigenvalue weighted by atomic mass is 9.93. The van der Waals surface area contributed by atoms with Crippen molar-refractivity contribution in [1.82, 2.24) is 9.80 Å². The molecule has 0 unspecified atom stereocenters. The van der Waals surface area contributed by atoms with E-state index in [2.05, 4.69) is 57.9 Å². The van der Waals surface area contributed by atoms with Gasteiger partial charge >= 0.3 is 0 Å². The number of carbonyl (C=O) groups is 2. The molecule has 1 fully saturated rings. The fourth-order valence-corrected chi connectivity index (χ4v) is 5.78. The first kappa shape index (κ1) is 37.1. The summed E-state index contributed by atoms with van der Waals surface area (Å²) in [5.41, 5.74) is 3.41. The topological polar surface area (TPSA) is 83.8 Å². The molecular weight excluding hydrogens is 576 g/mol. The lowest BCUT2D eigenvalue weighted by molar-refractivity contribution is -0.116. The van der Waals surface area contributed by atoms with Gasteiger partial charge in [-0.25, -0.2) is 0 Å². The third kappa shape index (κ3) is 13.6. The molecule has 1 aliphatic carbocycles. The summed E-state index contributed by atoms with van der Waals surface area (Å²) < 4.78 is 10.7. The molecule has 46 heavy (non-hydrogen) atoms. The first-order chi connectivity index (χ1) is 22.4. The second-order valence-corrected chi connectivity index (χ2v) is 12.1. The summed E-state index contributed by atoms with van der Waals surface area (Å²) in [4.78, 5) is 39.3. The van der Waals surface area contributed by atoms with Crippen molar-refractivity contribution < 1.29 is 19.1 Å². The minimum atomic E-state index is -0.0369. The zero-order valence-electron chi connectivity index (χ0n) is 28.8. The molecule has 0 amide bonds. The maximum Gasteiger partial charge on any atom is 0.183 e. The lowest BCUT2D eigenvalue weighted by Gasteiger charge is -2.20. The molecule has 2 aromatic rings. The highest BCUT2D eigenvalue weighted by Crippen LogP contribution is 2.17. The Hall–Kier alpha value is -3.36. The van der Waals surface area contributed by atoms with Gasteiger partial charge in [0.15, 0.2) is 11.6 Å². The number of hydrogen-bond acceptors (Lipinski definition) is 8. The molecule has 1 saturated carbocycles. The van der Waals surface area contributed by atoms with Crippen LogP contribution in [0.1, 0.15) is 89.2 Å². The van der Waals surface area contributed by atoms with Crippen molar-refractivity contribution in [3.8, 4) is 11.5 Å². The molecule has 1 aliphatic rings. The van der Waals surface area contributed by atoms with Crippen molar-refractivity contribution in [2.75, 3.05) is 53.5 Å². The van der Waals surface area contributed by atoms with Gasteiger partial charge in [0.05, 0.1) is 38.5 Å². The first-order valence-corrected chi connectivity index (χ1v) is 17.3. The molecule has 2 aromatic carbocycles. The van der Waals surface area contributed by atoms with E-state index in [0.29, 0.717) is 24.5 Å². The molecule has 0 heterocycles. The first-order valence-electron chi connectivity index (χ1n) is 17.3. The molecular formula is C38H56N4O4. The molecule has 0 N–H and O–H groups in total. The molecule has 0 radical (unpaired) electrons. The van der Waals surface area contributed by atoms with Crippen molar-refractivity contribution in [1.29, 1.82) is 0 Å². The largest absolute Gasteiger partial charge is 0.497 e. The third-order valence-electron chi connectivity index (χ3n) is 8.65. The quantitative estimate of drug-likeness (QED) is 0.130. The maximum absolute atomic E-state index is 12.7. The van der Waals surface area contributed by atoms with Gasteiger partial charge in [-0.2, -0.15) is 0 Å². The van der Waals surface area contributed by atoms with E-state index in [0.717, 1.165) is 102 Å². The lowest BCUT2D eigenvalue weighted by Crippen LogP contribution is -2.33. The van der Waals surface area contributed by atoms with Gasteiger partial charge in [0, 0.05) is 26.2 Å². The Morgan fingerprint density at radius 3 is 1.41 bits per heavy atom. The molecule has 0 saturated heterocycles. The molecule has 0 aliphatic heterocycles. The van der Waals surface area contributed by atoms with Crippen LogP contribution >= 0.6 is 0 Å². The summed E-state index contributed by atoms with van der Waals surface area (Å²) in [7, 11) is 3.40. The number of methoxy groups -OCH3 is 2.